The van der Waals surface area contributed by atoms with Crippen LogP contribution in [0.1, 0.15) is 6.92 Å². The largest absolute Gasteiger partial charge is 0.364 e. The highest BCUT2D eigenvalue weighted by Crippen LogP contribution is 2.27. The molecule has 1 fully saturated rings. The van der Waals surface area contributed by atoms with Crippen LogP contribution in [-0.4, -0.2) is 35.9 Å². The van der Waals surface area contributed by atoms with E-state index in [1.165, 1.54) is 0 Å². The number of piperazine rings is 1. The van der Waals surface area contributed by atoms with Crippen molar-refractivity contribution in [2.45, 2.75) is 13.0 Å². The van der Waals surface area contributed by atoms with Gasteiger partial charge in [-0.15, -0.1) is 10.2 Å². The third-order valence-corrected chi connectivity index (χ3v) is 2.97. The second-order valence-electron chi connectivity index (χ2n) is 3.59. The maximum absolute atomic E-state index is 6.00. The molecule has 82 valence electrons. The molecule has 4 nitrogen and oxygen atoms in total. The molecule has 0 unspecified atom stereocenters. The zero-order valence-electron chi connectivity index (χ0n) is 8.37. The lowest BCUT2D eigenvalue weighted by atomic mass is 10.2. The number of halogens is 2. The number of rotatable bonds is 1. The Morgan fingerprint density at radius 2 is 2.27 bits per heavy atom. The second kappa shape index (κ2) is 4.51. The van der Waals surface area contributed by atoms with E-state index < -0.39 is 0 Å². The molecule has 2 heterocycles. The minimum Gasteiger partial charge on any atom is -0.364 e. The van der Waals surface area contributed by atoms with Gasteiger partial charge in [0.05, 0.1) is 5.69 Å². The van der Waals surface area contributed by atoms with Gasteiger partial charge in [0.2, 0.25) is 0 Å². The molecule has 1 atom stereocenters. The first kappa shape index (κ1) is 10.9. The molecule has 0 saturated carbocycles. The van der Waals surface area contributed by atoms with E-state index in [0.717, 1.165) is 25.3 Å². The topological polar surface area (TPSA) is 41.0 Å². The minimum absolute atomic E-state index is 0.375. The van der Waals surface area contributed by atoms with Gasteiger partial charge >= 0.3 is 0 Å². The van der Waals surface area contributed by atoms with Crippen molar-refractivity contribution < 1.29 is 0 Å². The number of nitrogens with zero attached hydrogens (tertiary/aromatic N) is 3. The Labute approximate surface area is 98.6 Å². The Balaban J connectivity index is 2.30. The van der Waals surface area contributed by atoms with Crippen molar-refractivity contribution >= 4 is 28.9 Å². The molecule has 0 aliphatic carbocycles. The second-order valence-corrected chi connectivity index (χ2v) is 4.33. The van der Waals surface area contributed by atoms with Gasteiger partial charge in [-0.2, -0.15) is 0 Å². The van der Waals surface area contributed by atoms with Crippen LogP contribution in [0, 0.1) is 0 Å². The van der Waals surface area contributed by atoms with Crippen molar-refractivity contribution in [2.75, 3.05) is 24.5 Å². The van der Waals surface area contributed by atoms with Crippen LogP contribution in [0.2, 0.25) is 10.3 Å². The van der Waals surface area contributed by atoms with Gasteiger partial charge in [0.25, 0.3) is 0 Å². The van der Waals surface area contributed by atoms with Crippen LogP contribution in [0.15, 0.2) is 6.07 Å². The SMILES string of the molecule is C[C@@H]1CNCCN1c1cc(Cl)nnc1Cl. The molecule has 2 rings (SSSR count). The quantitative estimate of drug-likeness (QED) is 0.818. The minimum atomic E-state index is 0.375. The van der Waals surface area contributed by atoms with Crippen molar-refractivity contribution in [2.24, 2.45) is 0 Å². The van der Waals surface area contributed by atoms with Crippen LogP contribution in [0.3, 0.4) is 0 Å². The van der Waals surface area contributed by atoms with E-state index in [2.05, 4.69) is 27.3 Å². The van der Waals surface area contributed by atoms with Gasteiger partial charge in [-0.1, -0.05) is 23.2 Å². The van der Waals surface area contributed by atoms with Crippen molar-refractivity contribution in [1.82, 2.24) is 15.5 Å². The van der Waals surface area contributed by atoms with Crippen LogP contribution in [0.25, 0.3) is 0 Å². The van der Waals surface area contributed by atoms with Crippen molar-refractivity contribution in [3.05, 3.63) is 16.4 Å². The molecule has 1 aromatic heterocycles. The highest BCUT2D eigenvalue weighted by molar-refractivity contribution is 6.33. The zero-order valence-corrected chi connectivity index (χ0v) is 9.89. The summed E-state index contributed by atoms with van der Waals surface area (Å²) in [6, 6.07) is 2.15. The van der Waals surface area contributed by atoms with Crippen LogP contribution in [0.5, 0.6) is 0 Å². The third-order valence-electron chi connectivity index (χ3n) is 2.51. The number of hydrogen-bond donors (Lipinski definition) is 1. The van der Waals surface area contributed by atoms with Gasteiger partial charge in [0.15, 0.2) is 10.3 Å². The number of nitrogens with one attached hydrogen (secondary N) is 1. The molecule has 0 aromatic carbocycles. The van der Waals surface area contributed by atoms with Crippen LogP contribution in [-0.2, 0) is 0 Å². The van der Waals surface area contributed by atoms with Gasteiger partial charge in [-0.05, 0) is 6.92 Å². The molecule has 0 bridgehead atoms. The fourth-order valence-corrected chi connectivity index (χ4v) is 2.09. The molecule has 0 radical (unpaired) electrons. The molecule has 0 spiro atoms. The fourth-order valence-electron chi connectivity index (χ4n) is 1.74. The molecular weight excluding hydrogens is 235 g/mol. The summed E-state index contributed by atoms with van der Waals surface area (Å²) in [6.07, 6.45) is 0. The maximum Gasteiger partial charge on any atom is 0.175 e. The van der Waals surface area contributed by atoms with Crippen molar-refractivity contribution in [1.29, 1.82) is 0 Å². The van der Waals surface area contributed by atoms with Gasteiger partial charge in [-0.3, -0.25) is 0 Å². The monoisotopic (exact) mass is 246 g/mol. The Kier molecular flexibility index (Phi) is 3.29. The number of anilines is 1. The molecule has 1 N–H and O–H groups in total. The maximum atomic E-state index is 6.00. The van der Waals surface area contributed by atoms with E-state index >= 15 is 0 Å². The summed E-state index contributed by atoms with van der Waals surface area (Å²) in [4.78, 5) is 2.19. The first-order valence-electron chi connectivity index (χ1n) is 4.84. The summed E-state index contributed by atoms with van der Waals surface area (Å²) in [5.74, 6) is 0. The lowest BCUT2D eigenvalue weighted by Crippen LogP contribution is -2.50. The number of hydrogen-bond acceptors (Lipinski definition) is 4. The van der Waals surface area contributed by atoms with Gasteiger partial charge in [-0.25, -0.2) is 0 Å². The van der Waals surface area contributed by atoms with Gasteiger partial charge < -0.3 is 10.2 Å². The van der Waals surface area contributed by atoms with Crippen molar-refractivity contribution in [3.8, 4) is 0 Å². The lowest BCUT2D eigenvalue weighted by molar-refractivity contribution is 0.500. The predicted octanol–water partition coefficient (Wildman–Crippen LogP) is 1.58. The normalized spacial score (nSPS) is 21.8. The van der Waals surface area contributed by atoms with E-state index in [-0.39, 0.29) is 0 Å². The lowest BCUT2D eigenvalue weighted by Gasteiger charge is -2.35. The summed E-state index contributed by atoms with van der Waals surface area (Å²) in [7, 11) is 0. The van der Waals surface area contributed by atoms with Gasteiger partial charge in [0.1, 0.15) is 0 Å². The third kappa shape index (κ3) is 2.33. The van der Waals surface area contributed by atoms with E-state index in [0.29, 0.717) is 16.3 Å². The standard InChI is InChI=1S/C9H12Cl2N4/c1-6-5-12-2-3-15(6)7-4-8(10)13-14-9(7)11/h4,6,12H,2-3,5H2,1H3/t6-/m1/s1. The average molecular weight is 247 g/mol. The summed E-state index contributed by atoms with van der Waals surface area (Å²) in [6.45, 7) is 4.93. The van der Waals surface area contributed by atoms with Crippen LogP contribution in [0.4, 0.5) is 5.69 Å². The van der Waals surface area contributed by atoms with Gasteiger partial charge in [0, 0.05) is 31.7 Å². The molecule has 1 aliphatic rings. The summed E-state index contributed by atoms with van der Waals surface area (Å²) < 4.78 is 0. The Hall–Kier alpha value is -0.580. The highest BCUT2D eigenvalue weighted by Gasteiger charge is 2.21. The molecule has 6 heteroatoms. The van der Waals surface area contributed by atoms with E-state index in [9.17, 15) is 0 Å². The van der Waals surface area contributed by atoms with E-state index in [4.69, 9.17) is 23.2 Å². The summed E-state index contributed by atoms with van der Waals surface area (Å²) in [5, 5.41) is 11.6. The van der Waals surface area contributed by atoms with Crippen molar-refractivity contribution in [3.63, 3.8) is 0 Å². The fraction of sp³-hybridized carbons (Fsp3) is 0.556. The van der Waals surface area contributed by atoms with E-state index in [1.807, 2.05) is 0 Å². The Bertz CT molecular complexity index is 358. The number of aromatic nitrogens is 2. The smallest absolute Gasteiger partial charge is 0.175 e. The molecule has 0 amide bonds. The highest BCUT2D eigenvalue weighted by atomic mass is 35.5. The Morgan fingerprint density at radius 1 is 1.47 bits per heavy atom. The van der Waals surface area contributed by atoms with Crippen LogP contribution >= 0.6 is 23.2 Å². The first-order valence-corrected chi connectivity index (χ1v) is 5.60. The Morgan fingerprint density at radius 3 is 3.00 bits per heavy atom. The predicted molar refractivity (Wildman–Crippen MR) is 61.7 cm³/mol. The molecule has 1 aliphatic heterocycles. The zero-order chi connectivity index (χ0) is 10.8. The summed E-state index contributed by atoms with van der Waals surface area (Å²) >= 11 is 11.8. The average Bonchev–Trinajstić information content (AvgIpc) is 2.23. The molecule has 1 aromatic rings. The van der Waals surface area contributed by atoms with E-state index in [1.54, 1.807) is 6.07 Å². The molecular formula is C9H12Cl2N4. The molecule has 15 heavy (non-hydrogen) atoms. The molecule has 1 saturated heterocycles. The first-order chi connectivity index (χ1) is 7.18. The summed E-state index contributed by atoms with van der Waals surface area (Å²) in [5.41, 5.74) is 0.866. The van der Waals surface area contributed by atoms with Crippen LogP contribution < -0.4 is 10.2 Å².